The summed E-state index contributed by atoms with van der Waals surface area (Å²) in [7, 11) is 0. The van der Waals surface area contributed by atoms with Crippen molar-refractivity contribution >= 4 is 35.4 Å². The fourth-order valence-corrected chi connectivity index (χ4v) is 2.42. The molecule has 0 aliphatic rings. The first kappa shape index (κ1) is 18.5. The second kappa shape index (κ2) is 8.31. The first-order valence-corrected chi connectivity index (χ1v) is 7.85. The third-order valence-electron chi connectivity index (χ3n) is 2.88. The lowest BCUT2D eigenvalue weighted by Crippen LogP contribution is -2.09. The first-order chi connectivity index (χ1) is 11.4. The Hall–Kier alpha value is -1.85. The van der Waals surface area contributed by atoms with Crippen LogP contribution in [0.1, 0.15) is 25.0 Å². The number of rotatable bonds is 6. The van der Waals surface area contributed by atoms with Crippen LogP contribution in [-0.4, -0.2) is 17.7 Å². The molecule has 0 unspecified atom stereocenters. The molecule has 0 spiro atoms. The van der Waals surface area contributed by atoms with Crippen LogP contribution in [0.15, 0.2) is 30.6 Å². The van der Waals surface area contributed by atoms with E-state index >= 15 is 0 Å². The van der Waals surface area contributed by atoms with Gasteiger partial charge in [0.2, 0.25) is 0 Å². The molecule has 0 aliphatic carbocycles. The quantitative estimate of drug-likeness (QED) is 0.626. The third kappa shape index (κ3) is 5.08. The normalized spacial score (nSPS) is 11.5. The molecule has 0 bridgehead atoms. The predicted octanol–water partition coefficient (Wildman–Crippen LogP) is 5.95. The minimum absolute atomic E-state index is 0.0178. The van der Waals surface area contributed by atoms with Crippen molar-refractivity contribution in [2.75, 3.05) is 0 Å². The number of benzene rings is 1. The fraction of sp³-hybridized carbons (Fsp3) is 0.235. The Morgan fingerprint density at radius 2 is 1.67 bits per heavy atom. The SMILES string of the molecule is CC(C)Oc1cc(/C=C/c2c(Cl)cncc2Cl)ccc1OC(F)F. The van der Waals surface area contributed by atoms with Gasteiger partial charge in [-0.3, -0.25) is 4.98 Å². The van der Waals surface area contributed by atoms with E-state index in [1.165, 1.54) is 18.5 Å². The molecular weight excluding hydrogens is 359 g/mol. The average Bonchev–Trinajstić information content (AvgIpc) is 2.48. The van der Waals surface area contributed by atoms with Gasteiger partial charge in [-0.15, -0.1) is 0 Å². The molecule has 0 saturated heterocycles. The summed E-state index contributed by atoms with van der Waals surface area (Å²) in [6.07, 6.45) is 6.24. The molecule has 0 atom stereocenters. The summed E-state index contributed by atoms with van der Waals surface area (Å²) in [5.74, 6) is 0.218. The maximum atomic E-state index is 12.5. The second-order valence-corrected chi connectivity index (χ2v) is 5.92. The molecule has 0 aliphatic heterocycles. The molecular formula is C17H15Cl2F2NO2. The van der Waals surface area contributed by atoms with Gasteiger partial charge in [-0.05, 0) is 31.5 Å². The number of hydrogen-bond acceptors (Lipinski definition) is 3. The zero-order valence-corrected chi connectivity index (χ0v) is 14.5. The van der Waals surface area contributed by atoms with Gasteiger partial charge in [0.1, 0.15) is 0 Å². The highest BCUT2D eigenvalue weighted by Crippen LogP contribution is 2.32. The fourth-order valence-electron chi connectivity index (χ4n) is 1.93. The van der Waals surface area contributed by atoms with E-state index in [1.807, 2.05) is 0 Å². The molecule has 0 saturated carbocycles. The summed E-state index contributed by atoms with van der Waals surface area (Å²) in [6.45, 7) is 0.673. The first-order valence-electron chi connectivity index (χ1n) is 7.09. The highest BCUT2D eigenvalue weighted by molar-refractivity contribution is 6.37. The van der Waals surface area contributed by atoms with Gasteiger partial charge in [0.15, 0.2) is 11.5 Å². The Morgan fingerprint density at radius 3 is 2.25 bits per heavy atom. The Kier molecular flexibility index (Phi) is 6.40. The summed E-state index contributed by atoms with van der Waals surface area (Å²) in [5, 5.41) is 0.824. The van der Waals surface area contributed by atoms with Gasteiger partial charge in [0.25, 0.3) is 0 Å². The van der Waals surface area contributed by atoms with Crippen LogP contribution in [0, 0.1) is 0 Å². The Bertz CT molecular complexity index is 716. The molecule has 2 rings (SSSR count). The topological polar surface area (TPSA) is 31.4 Å². The maximum Gasteiger partial charge on any atom is 0.387 e. The van der Waals surface area contributed by atoms with Gasteiger partial charge in [-0.25, -0.2) is 0 Å². The molecule has 2 aromatic rings. The minimum atomic E-state index is -2.92. The summed E-state index contributed by atoms with van der Waals surface area (Å²) in [6, 6.07) is 4.67. The molecule has 128 valence electrons. The van der Waals surface area contributed by atoms with Gasteiger partial charge < -0.3 is 9.47 Å². The minimum Gasteiger partial charge on any atom is -0.487 e. The van der Waals surface area contributed by atoms with Crippen LogP contribution < -0.4 is 9.47 Å². The van der Waals surface area contributed by atoms with E-state index in [9.17, 15) is 8.78 Å². The number of pyridine rings is 1. The number of ether oxygens (including phenoxy) is 2. The molecule has 1 aromatic heterocycles. The van der Waals surface area contributed by atoms with E-state index in [-0.39, 0.29) is 17.6 Å². The number of halogens is 4. The van der Waals surface area contributed by atoms with Crippen LogP contribution in [-0.2, 0) is 0 Å². The van der Waals surface area contributed by atoms with E-state index in [4.69, 9.17) is 27.9 Å². The molecule has 0 fully saturated rings. The zero-order valence-electron chi connectivity index (χ0n) is 13.0. The zero-order chi connectivity index (χ0) is 17.7. The van der Waals surface area contributed by atoms with E-state index in [1.54, 1.807) is 38.1 Å². The van der Waals surface area contributed by atoms with E-state index in [0.29, 0.717) is 15.6 Å². The maximum absolute atomic E-state index is 12.5. The lowest BCUT2D eigenvalue weighted by atomic mass is 10.1. The Morgan fingerprint density at radius 1 is 1.00 bits per heavy atom. The molecule has 0 N–H and O–H groups in total. The van der Waals surface area contributed by atoms with E-state index < -0.39 is 6.61 Å². The summed E-state index contributed by atoms with van der Waals surface area (Å²) in [4.78, 5) is 3.88. The van der Waals surface area contributed by atoms with Crippen LogP contribution in [0.4, 0.5) is 8.78 Å². The number of nitrogens with zero attached hydrogens (tertiary/aromatic N) is 1. The Labute approximate surface area is 148 Å². The van der Waals surface area contributed by atoms with Gasteiger partial charge in [-0.2, -0.15) is 8.78 Å². The van der Waals surface area contributed by atoms with Crippen molar-refractivity contribution in [3.63, 3.8) is 0 Å². The largest absolute Gasteiger partial charge is 0.487 e. The molecule has 24 heavy (non-hydrogen) atoms. The smallest absolute Gasteiger partial charge is 0.387 e. The van der Waals surface area contributed by atoms with Crippen LogP contribution in [0.5, 0.6) is 11.5 Å². The molecule has 7 heteroatoms. The molecule has 3 nitrogen and oxygen atoms in total. The molecule has 1 heterocycles. The van der Waals surface area contributed by atoms with Crippen molar-refractivity contribution in [1.82, 2.24) is 4.98 Å². The molecule has 0 radical (unpaired) electrons. The van der Waals surface area contributed by atoms with Gasteiger partial charge >= 0.3 is 6.61 Å². The van der Waals surface area contributed by atoms with Gasteiger partial charge in [-0.1, -0.05) is 41.4 Å². The van der Waals surface area contributed by atoms with Crippen molar-refractivity contribution in [2.24, 2.45) is 0 Å². The van der Waals surface area contributed by atoms with Crippen molar-refractivity contribution < 1.29 is 18.3 Å². The highest BCUT2D eigenvalue weighted by Gasteiger charge is 2.12. The third-order valence-corrected chi connectivity index (χ3v) is 3.48. The van der Waals surface area contributed by atoms with E-state index in [2.05, 4.69) is 9.72 Å². The standard InChI is InChI=1S/C17H15Cl2F2NO2/c1-10(2)23-16-7-11(4-6-15(16)24-17(20)21)3-5-12-13(18)8-22-9-14(12)19/h3-10,17H,1-2H3/b5-3+. The van der Waals surface area contributed by atoms with E-state index in [0.717, 1.165) is 5.56 Å². The average molecular weight is 374 g/mol. The van der Waals surface area contributed by atoms with Crippen LogP contribution in [0.25, 0.3) is 12.2 Å². The lowest BCUT2D eigenvalue weighted by molar-refractivity contribution is -0.0518. The lowest BCUT2D eigenvalue weighted by Gasteiger charge is -2.15. The van der Waals surface area contributed by atoms with Crippen LogP contribution in [0.2, 0.25) is 10.0 Å². The highest BCUT2D eigenvalue weighted by atomic mass is 35.5. The summed E-state index contributed by atoms with van der Waals surface area (Å²) in [5.41, 5.74) is 1.34. The van der Waals surface area contributed by atoms with Crippen molar-refractivity contribution in [3.8, 4) is 11.5 Å². The number of aromatic nitrogens is 1. The predicted molar refractivity (Wildman–Crippen MR) is 92.0 cm³/mol. The van der Waals surface area contributed by atoms with Crippen LogP contribution in [0.3, 0.4) is 0 Å². The van der Waals surface area contributed by atoms with Gasteiger partial charge in [0.05, 0.1) is 16.1 Å². The summed E-state index contributed by atoms with van der Waals surface area (Å²) < 4.78 is 34.9. The molecule has 1 aromatic carbocycles. The van der Waals surface area contributed by atoms with Crippen molar-refractivity contribution in [1.29, 1.82) is 0 Å². The van der Waals surface area contributed by atoms with Crippen molar-refractivity contribution in [3.05, 3.63) is 51.8 Å². The molecule has 0 amide bonds. The van der Waals surface area contributed by atoms with Crippen molar-refractivity contribution in [2.45, 2.75) is 26.6 Å². The summed E-state index contributed by atoms with van der Waals surface area (Å²) >= 11 is 12.1. The monoisotopic (exact) mass is 373 g/mol. The second-order valence-electron chi connectivity index (χ2n) is 5.10. The number of hydrogen-bond donors (Lipinski definition) is 0. The van der Waals surface area contributed by atoms with Crippen LogP contribution >= 0.6 is 23.2 Å². The van der Waals surface area contributed by atoms with Gasteiger partial charge in [0, 0.05) is 18.0 Å². The Balaban J connectivity index is 2.32. The number of alkyl halides is 2.